The monoisotopic (exact) mass is 310 g/mol. The Bertz CT molecular complexity index is 467. The minimum absolute atomic E-state index is 0.197. The molecule has 1 aromatic rings. The van der Waals surface area contributed by atoms with Crippen molar-refractivity contribution in [2.24, 2.45) is 0 Å². The molecule has 2 atom stereocenters. The molecule has 1 fully saturated rings. The highest BCUT2D eigenvalue weighted by Gasteiger charge is 2.32. The maximum atomic E-state index is 12.2. The molecule has 4 nitrogen and oxygen atoms in total. The normalized spacial score (nSPS) is 22.1. The highest BCUT2D eigenvalue weighted by atomic mass is 32.1. The third-order valence-electron chi connectivity index (χ3n) is 3.78. The predicted molar refractivity (Wildman–Crippen MR) is 86.7 cm³/mol. The molecule has 1 amide bonds. The highest BCUT2D eigenvalue weighted by molar-refractivity contribution is 7.10. The lowest BCUT2D eigenvalue weighted by molar-refractivity contribution is -0.000447. The van der Waals surface area contributed by atoms with E-state index in [9.17, 15) is 4.79 Å². The van der Waals surface area contributed by atoms with Gasteiger partial charge in [0.1, 0.15) is 5.60 Å². The van der Waals surface area contributed by atoms with Crippen molar-refractivity contribution >= 4 is 17.4 Å². The van der Waals surface area contributed by atoms with Crippen molar-refractivity contribution in [2.75, 3.05) is 19.6 Å². The van der Waals surface area contributed by atoms with Gasteiger partial charge < -0.3 is 9.64 Å². The van der Waals surface area contributed by atoms with E-state index in [4.69, 9.17) is 4.74 Å². The molecule has 0 bridgehead atoms. The maximum absolute atomic E-state index is 12.2. The number of hydrogen-bond acceptors (Lipinski definition) is 4. The number of amides is 1. The largest absolute Gasteiger partial charge is 0.444 e. The highest BCUT2D eigenvalue weighted by Crippen LogP contribution is 2.28. The molecule has 1 aliphatic rings. The molecule has 0 saturated carbocycles. The summed E-state index contributed by atoms with van der Waals surface area (Å²) in [6, 6.07) is 5.02. The summed E-state index contributed by atoms with van der Waals surface area (Å²) in [5.41, 5.74) is -0.429. The fraction of sp³-hybridized carbons (Fsp3) is 0.688. The first-order valence-electron chi connectivity index (χ1n) is 7.55. The predicted octanol–water partition coefficient (Wildman–Crippen LogP) is 3.75. The topological polar surface area (TPSA) is 32.8 Å². The number of piperazine rings is 1. The number of rotatable bonds is 2. The first-order chi connectivity index (χ1) is 9.78. The molecule has 5 heteroatoms. The van der Waals surface area contributed by atoms with Crippen LogP contribution in [-0.2, 0) is 4.74 Å². The summed E-state index contributed by atoms with van der Waals surface area (Å²) in [6.45, 7) is 12.5. The zero-order valence-corrected chi connectivity index (χ0v) is 14.4. The lowest BCUT2D eigenvalue weighted by Crippen LogP contribution is -2.54. The molecule has 0 radical (unpaired) electrons. The molecule has 0 spiro atoms. The minimum Gasteiger partial charge on any atom is -0.444 e. The molecular formula is C16H26N2O2S. The Hall–Kier alpha value is -1.07. The van der Waals surface area contributed by atoms with Crippen molar-refractivity contribution in [3.05, 3.63) is 22.4 Å². The minimum atomic E-state index is -0.429. The van der Waals surface area contributed by atoms with E-state index < -0.39 is 5.60 Å². The van der Waals surface area contributed by atoms with E-state index in [1.807, 2.05) is 25.7 Å². The Morgan fingerprint density at radius 1 is 1.43 bits per heavy atom. The van der Waals surface area contributed by atoms with Gasteiger partial charge in [-0.1, -0.05) is 6.07 Å². The molecule has 1 aliphatic heterocycles. The van der Waals surface area contributed by atoms with Crippen LogP contribution in [0.25, 0.3) is 0 Å². The van der Waals surface area contributed by atoms with E-state index in [1.165, 1.54) is 4.88 Å². The smallest absolute Gasteiger partial charge is 0.410 e. The fourth-order valence-corrected chi connectivity index (χ4v) is 3.54. The van der Waals surface area contributed by atoms with Crippen LogP contribution in [0, 0.1) is 0 Å². The average Bonchev–Trinajstić information content (AvgIpc) is 2.89. The van der Waals surface area contributed by atoms with Crippen LogP contribution in [0.15, 0.2) is 17.5 Å². The molecule has 118 valence electrons. The van der Waals surface area contributed by atoms with E-state index in [2.05, 4.69) is 36.3 Å². The van der Waals surface area contributed by atoms with Crippen LogP contribution >= 0.6 is 11.3 Å². The van der Waals surface area contributed by atoms with E-state index >= 15 is 0 Å². The van der Waals surface area contributed by atoms with Crippen molar-refractivity contribution in [2.45, 2.75) is 52.3 Å². The quantitative estimate of drug-likeness (QED) is 0.834. The summed E-state index contributed by atoms with van der Waals surface area (Å²) in [7, 11) is 0. The molecule has 2 rings (SSSR count). The molecule has 0 aromatic carbocycles. The number of carbonyl (C=O) groups excluding carboxylic acids is 1. The second-order valence-corrected chi connectivity index (χ2v) is 7.68. The lowest BCUT2D eigenvalue weighted by atomic mass is 10.1. The van der Waals surface area contributed by atoms with Crippen molar-refractivity contribution in [3.8, 4) is 0 Å². The lowest BCUT2D eigenvalue weighted by Gasteiger charge is -2.42. The zero-order chi connectivity index (χ0) is 15.6. The van der Waals surface area contributed by atoms with Crippen molar-refractivity contribution in [1.82, 2.24) is 9.80 Å². The van der Waals surface area contributed by atoms with E-state index in [0.717, 1.165) is 19.6 Å². The molecule has 0 N–H and O–H groups in total. The molecular weight excluding hydrogens is 284 g/mol. The fourth-order valence-electron chi connectivity index (χ4n) is 2.73. The van der Waals surface area contributed by atoms with E-state index in [-0.39, 0.29) is 6.09 Å². The number of thiophene rings is 1. The van der Waals surface area contributed by atoms with Gasteiger partial charge in [-0.3, -0.25) is 4.90 Å². The summed E-state index contributed by atoms with van der Waals surface area (Å²) < 4.78 is 5.46. The van der Waals surface area contributed by atoms with E-state index in [1.54, 1.807) is 11.3 Å². The number of nitrogens with zero attached hydrogens (tertiary/aromatic N) is 2. The average molecular weight is 310 g/mol. The van der Waals surface area contributed by atoms with Crippen molar-refractivity contribution in [1.29, 1.82) is 0 Å². The van der Waals surface area contributed by atoms with Crippen molar-refractivity contribution in [3.63, 3.8) is 0 Å². The van der Waals surface area contributed by atoms with Gasteiger partial charge in [0.25, 0.3) is 0 Å². The van der Waals surface area contributed by atoms with Crippen LogP contribution in [0.1, 0.15) is 45.5 Å². The second-order valence-electron chi connectivity index (χ2n) is 6.70. The standard InChI is InChI=1S/C16H26N2O2S/c1-12-11-17(15(19)20-16(3,4)5)8-9-18(12)13(2)14-7-6-10-21-14/h6-7,10,12-13H,8-9,11H2,1-5H3/t12-,13+/m1/s1. The molecule has 1 aromatic heterocycles. The second kappa shape index (κ2) is 6.36. The van der Waals surface area contributed by atoms with Crippen LogP contribution in [0.5, 0.6) is 0 Å². The van der Waals surface area contributed by atoms with Gasteiger partial charge in [0.05, 0.1) is 0 Å². The van der Waals surface area contributed by atoms with Crippen LogP contribution < -0.4 is 0 Å². The molecule has 21 heavy (non-hydrogen) atoms. The number of carbonyl (C=O) groups is 1. The summed E-state index contributed by atoms with van der Waals surface area (Å²) in [4.78, 5) is 17.8. The summed E-state index contributed by atoms with van der Waals surface area (Å²) in [5.74, 6) is 0. The Labute approximate surface area is 131 Å². The summed E-state index contributed by atoms with van der Waals surface area (Å²) >= 11 is 1.79. The van der Waals surface area contributed by atoms with Gasteiger partial charge in [-0.05, 0) is 46.1 Å². The first kappa shape index (κ1) is 16.3. The van der Waals surface area contributed by atoms with Gasteiger partial charge >= 0.3 is 6.09 Å². The number of hydrogen-bond donors (Lipinski definition) is 0. The van der Waals surface area contributed by atoms with Crippen LogP contribution in [0.2, 0.25) is 0 Å². The summed E-state index contributed by atoms with van der Waals surface area (Å²) in [5, 5.41) is 2.12. The van der Waals surface area contributed by atoms with Gasteiger partial charge in [-0.25, -0.2) is 4.79 Å². The van der Waals surface area contributed by atoms with Crippen LogP contribution in [-0.4, -0.2) is 47.2 Å². The van der Waals surface area contributed by atoms with Crippen LogP contribution in [0.4, 0.5) is 4.79 Å². The van der Waals surface area contributed by atoms with E-state index in [0.29, 0.717) is 12.1 Å². The summed E-state index contributed by atoms with van der Waals surface area (Å²) in [6.07, 6.45) is -0.197. The maximum Gasteiger partial charge on any atom is 0.410 e. The Kier molecular flexibility index (Phi) is 4.94. The molecule has 2 heterocycles. The SMILES string of the molecule is C[C@@H]1CN(C(=O)OC(C)(C)C)CCN1[C@@H](C)c1cccs1. The Morgan fingerprint density at radius 3 is 2.67 bits per heavy atom. The van der Waals surface area contributed by atoms with Crippen molar-refractivity contribution < 1.29 is 9.53 Å². The van der Waals surface area contributed by atoms with Gasteiger partial charge in [0.15, 0.2) is 0 Å². The van der Waals surface area contributed by atoms with Gasteiger partial charge in [0, 0.05) is 36.6 Å². The Morgan fingerprint density at radius 2 is 2.14 bits per heavy atom. The first-order valence-corrected chi connectivity index (χ1v) is 8.43. The number of ether oxygens (including phenoxy) is 1. The van der Waals surface area contributed by atoms with Gasteiger partial charge in [-0.15, -0.1) is 11.3 Å². The molecule has 0 aliphatic carbocycles. The van der Waals surface area contributed by atoms with Crippen LogP contribution in [0.3, 0.4) is 0 Å². The molecule has 0 unspecified atom stereocenters. The molecule has 1 saturated heterocycles. The Balaban J connectivity index is 1.94. The third kappa shape index (κ3) is 4.20. The zero-order valence-electron chi connectivity index (χ0n) is 13.6. The van der Waals surface area contributed by atoms with Gasteiger partial charge in [-0.2, -0.15) is 0 Å². The van der Waals surface area contributed by atoms with Gasteiger partial charge in [0.2, 0.25) is 0 Å². The third-order valence-corrected chi connectivity index (χ3v) is 4.83.